The zero-order valence-corrected chi connectivity index (χ0v) is 16.8. The van der Waals surface area contributed by atoms with Crippen molar-refractivity contribution in [2.45, 2.75) is 26.7 Å². The lowest BCUT2D eigenvalue weighted by molar-refractivity contribution is 0.311. The molecule has 0 aliphatic heterocycles. The Bertz CT molecular complexity index is 743. The molecule has 1 fully saturated rings. The van der Waals surface area contributed by atoms with Crippen molar-refractivity contribution in [2.24, 2.45) is 10.4 Å². The molecule has 26 heavy (non-hydrogen) atoms. The summed E-state index contributed by atoms with van der Waals surface area (Å²) in [5.41, 5.74) is 0.619. The van der Waals surface area contributed by atoms with E-state index in [1.165, 1.54) is 6.26 Å². The highest BCUT2D eigenvalue weighted by atomic mass is 32.2. The molecule has 0 heterocycles. The van der Waals surface area contributed by atoms with E-state index in [2.05, 4.69) is 15.6 Å². The average Bonchev–Trinajstić information content (AvgIpc) is 3.31. The number of hydrogen-bond acceptors (Lipinski definition) is 5. The summed E-state index contributed by atoms with van der Waals surface area (Å²) < 4.78 is 34.1. The van der Waals surface area contributed by atoms with Crippen LogP contribution in [0.2, 0.25) is 0 Å². The van der Waals surface area contributed by atoms with Gasteiger partial charge in [0.15, 0.2) is 17.5 Å². The van der Waals surface area contributed by atoms with E-state index in [4.69, 9.17) is 9.47 Å². The monoisotopic (exact) mass is 383 g/mol. The van der Waals surface area contributed by atoms with Crippen LogP contribution in [-0.2, 0) is 9.84 Å². The van der Waals surface area contributed by atoms with Crippen molar-refractivity contribution in [3.8, 4) is 11.5 Å². The maximum absolute atomic E-state index is 11.6. The summed E-state index contributed by atoms with van der Waals surface area (Å²) in [5.74, 6) is 2.15. The Morgan fingerprint density at radius 3 is 2.54 bits per heavy atom. The molecule has 7 nitrogen and oxygen atoms in total. The fourth-order valence-electron chi connectivity index (χ4n) is 2.79. The second-order valence-electron chi connectivity index (χ2n) is 6.69. The Kier molecular flexibility index (Phi) is 6.75. The fourth-order valence-corrected chi connectivity index (χ4v) is 4.29. The van der Waals surface area contributed by atoms with Crippen LogP contribution in [0.15, 0.2) is 23.2 Å². The van der Waals surface area contributed by atoms with E-state index < -0.39 is 9.84 Å². The smallest absolute Gasteiger partial charge is 0.195 e. The first-order valence-corrected chi connectivity index (χ1v) is 10.9. The number of benzene rings is 1. The Labute approximate surface area is 156 Å². The molecule has 0 aromatic heterocycles. The summed E-state index contributed by atoms with van der Waals surface area (Å²) in [7, 11) is -1.39. The molecule has 2 rings (SSSR count). The minimum Gasteiger partial charge on any atom is -0.493 e. The number of nitrogens with zero attached hydrogens (tertiary/aromatic N) is 1. The number of ether oxygens (including phenoxy) is 2. The molecule has 2 N–H and O–H groups in total. The number of anilines is 1. The molecule has 0 saturated heterocycles. The van der Waals surface area contributed by atoms with E-state index in [0.717, 1.165) is 18.5 Å². The standard InChI is InChI=1S/C18H29N3O4S/c1-5-19-17(20-12-18(9-10-18)13-26(4,22)23)21-14-7-8-15(24-3)16(11-14)25-6-2/h7-8,11H,5-6,9-10,12-13H2,1-4H3,(H2,19,20,21). The highest BCUT2D eigenvalue weighted by Crippen LogP contribution is 2.46. The fraction of sp³-hybridized carbons (Fsp3) is 0.611. The zero-order valence-electron chi connectivity index (χ0n) is 16.0. The summed E-state index contributed by atoms with van der Waals surface area (Å²) in [6.07, 6.45) is 3.09. The van der Waals surface area contributed by atoms with Crippen molar-refractivity contribution in [1.29, 1.82) is 0 Å². The largest absolute Gasteiger partial charge is 0.493 e. The van der Waals surface area contributed by atoms with Crippen molar-refractivity contribution >= 4 is 21.5 Å². The molecular weight excluding hydrogens is 354 g/mol. The van der Waals surface area contributed by atoms with Crippen LogP contribution in [0.5, 0.6) is 11.5 Å². The molecule has 0 amide bonds. The maximum atomic E-state index is 11.6. The summed E-state index contributed by atoms with van der Waals surface area (Å²) in [6, 6.07) is 5.58. The Hall–Kier alpha value is -1.96. The first-order chi connectivity index (χ1) is 12.3. The van der Waals surface area contributed by atoms with E-state index in [9.17, 15) is 8.42 Å². The summed E-state index contributed by atoms with van der Waals surface area (Å²) in [5, 5.41) is 6.44. The van der Waals surface area contributed by atoms with Crippen molar-refractivity contribution in [3.63, 3.8) is 0 Å². The van der Waals surface area contributed by atoms with Crippen molar-refractivity contribution in [1.82, 2.24) is 5.32 Å². The van der Waals surface area contributed by atoms with Crippen LogP contribution in [-0.4, -0.2) is 53.2 Å². The highest BCUT2D eigenvalue weighted by Gasteiger charge is 2.45. The quantitative estimate of drug-likeness (QED) is 0.502. The van der Waals surface area contributed by atoms with Gasteiger partial charge in [0.05, 0.1) is 19.5 Å². The van der Waals surface area contributed by atoms with Gasteiger partial charge >= 0.3 is 0 Å². The Balaban J connectivity index is 2.11. The first-order valence-electron chi connectivity index (χ1n) is 8.85. The number of aliphatic imine (C=N–C) groups is 1. The van der Waals surface area contributed by atoms with Gasteiger partial charge < -0.3 is 20.1 Å². The Morgan fingerprint density at radius 1 is 1.27 bits per heavy atom. The lowest BCUT2D eigenvalue weighted by Crippen LogP contribution is -2.32. The van der Waals surface area contributed by atoms with Crippen LogP contribution < -0.4 is 20.1 Å². The van der Waals surface area contributed by atoms with Gasteiger partial charge in [0, 0.05) is 36.5 Å². The second kappa shape index (κ2) is 8.62. The van der Waals surface area contributed by atoms with Gasteiger partial charge in [0.25, 0.3) is 0 Å². The van der Waals surface area contributed by atoms with Gasteiger partial charge in [-0.3, -0.25) is 4.99 Å². The molecular formula is C18H29N3O4S. The van der Waals surface area contributed by atoms with Gasteiger partial charge in [-0.05, 0) is 38.8 Å². The summed E-state index contributed by atoms with van der Waals surface area (Å²) >= 11 is 0. The minimum atomic E-state index is -3.00. The number of hydrogen-bond donors (Lipinski definition) is 2. The van der Waals surface area contributed by atoms with E-state index in [-0.39, 0.29) is 11.2 Å². The van der Waals surface area contributed by atoms with Crippen LogP contribution in [0.1, 0.15) is 26.7 Å². The van der Waals surface area contributed by atoms with Gasteiger partial charge in [-0.1, -0.05) is 0 Å². The van der Waals surface area contributed by atoms with Crippen LogP contribution in [0.4, 0.5) is 5.69 Å². The molecule has 8 heteroatoms. The van der Waals surface area contributed by atoms with Crippen LogP contribution in [0, 0.1) is 5.41 Å². The van der Waals surface area contributed by atoms with E-state index in [1.54, 1.807) is 7.11 Å². The van der Waals surface area contributed by atoms with Gasteiger partial charge in [-0.15, -0.1) is 0 Å². The maximum Gasteiger partial charge on any atom is 0.195 e. The highest BCUT2D eigenvalue weighted by molar-refractivity contribution is 7.90. The van der Waals surface area contributed by atoms with E-state index in [0.29, 0.717) is 37.2 Å². The van der Waals surface area contributed by atoms with Gasteiger partial charge in [0.2, 0.25) is 0 Å². The molecule has 1 aliphatic carbocycles. The van der Waals surface area contributed by atoms with Gasteiger partial charge in [-0.25, -0.2) is 8.42 Å². The van der Waals surface area contributed by atoms with E-state index in [1.807, 2.05) is 32.0 Å². The predicted molar refractivity (Wildman–Crippen MR) is 105 cm³/mol. The summed E-state index contributed by atoms with van der Waals surface area (Å²) in [6.45, 7) is 5.65. The van der Waals surface area contributed by atoms with E-state index >= 15 is 0 Å². The molecule has 146 valence electrons. The topological polar surface area (TPSA) is 89.0 Å². The Morgan fingerprint density at radius 2 is 2.00 bits per heavy atom. The third-order valence-corrected chi connectivity index (χ3v) is 5.31. The molecule has 0 spiro atoms. The number of methoxy groups -OCH3 is 1. The molecule has 1 saturated carbocycles. The lowest BCUT2D eigenvalue weighted by Gasteiger charge is -2.16. The lowest BCUT2D eigenvalue weighted by atomic mass is 10.1. The predicted octanol–water partition coefficient (Wildman–Crippen LogP) is 2.30. The molecule has 0 atom stereocenters. The number of sulfone groups is 1. The number of guanidine groups is 1. The first kappa shape index (κ1) is 20.4. The van der Waals surface area contributed by atoms with Crippen molar-refractivity contribution in [3.05, 3.63) is 18.2 Å². The third-order valence-electron chi connectivity index (χ3n) is 4.17. The number of nitrogens with one attached hydrogen (secondary N) is 2. The molecule has 1 aromatic carbocycles. The molecule has 0 radical (unpaired) electrons. The SMILES string of the molecule is CCNC(=NCC1(CS(C)(=O)=O)CC1)Nc1ccc(OC)c(OCC)c1. The number of rotatable bonds is 9. The van der Waals surface area contributed by atoms with Gasteiger partial charge in [-0.2, -0.15) is 0 Å². The third kappa shape index (κ3) is 6.09. The molecule has 0 unspecified atom stereocenters. The van der Waals surface area contributed by atoms with Gasteiger partial charge in [0.1, 0.15) is 9.84 Å². The molecule has 1 aliphatic rings. The normalized spacial score (nSPS) is 16.1. The molecule has 1 aromatic rings. The van der Waals surface area contributed by atoms with Crippen LogP contribution in [0.3, 0.4) is 0 Å². The van der Waals surface area contributed by atoms with Crippen LogP contribution >= 0.6 is 0 Å². The second-order valence-corrected chi connectivity index (χ2v) is 8.83. The minimum absolute atomic E-state index is 0.194. The van der Waals surface area contributed by atoms with Crippen molar-refractivity contribution in [2.75, 3.05) is 44.1 Å². The van der Waals surface area contributed by atoms with Crippen molar-refractivity contribution < 1.29 is 17.9 Å². The summed E-state index contributed by atoms with van der Waals surface area (Å²) in [4.78, 5) is 4.60. The average molecular weight is 384 g/mol. The van der Waals surface area contributed by atoms with Crippen LogP contribution in [0.25, 0.3) is 0 Å². The zero-order chi connectivity index (χ0) is 19.2. The molecule has 0 bridgehead atoms.